The molecule has 4 rings (SSSR count). The van der Waals surface area contributed by atoms with Gasteiger partial charge in [-0.2, -0.15) is 0 Å². The fourth-order valence-electron chi connectivity index (χ4n) is 3.27. The summed E-state index contributed by atoms with van der Waals surface area (Å²) >= 11 is 0. The standard InChI is InChI=1S/C23H20N2O6/c24-22(26)25(31-23(27)29-15-14-28-16-8-2-1-3-9-16)21-17-10-4-6-12-19(17)30-20-13-7-5-11-18(20)21/h1-13,21H,14-15H2,(H2,24,26). The first kappa shape index (κ1) is 20.1. The lowest BCUT2D eigenvalue weighted by molar-refractivity contribution is -0.110. The van der Waals surface area contributed by atoms with E-state index in [2.05, 4.69) is 0 Å². The Balaban J connectivity index is 1.46. The van der Waals surface area contributed by atoms with Crippen LogP contribution in [-0.4, -0.2) is 30.5 Å². The monoisotopic (exact) mass is 420 g/mol. The highest BCUT2D eigenvalue weighted by Crippen LogP contribution is 2.45. The van der Waals surface area contributed by atoms with E-state index in [1.165, 1.54) is 0 Å². The number of benzene rings is 3. The van der Waals surface area contributed by atoms with E-state index in [-0.39, 0.29) is 13.2 Å². The molecule has 3 aromatic carbocycles. The van der Waals surface area contributed by atoms with Crippen LogP contribution in [0.25, 0.3) is 0 Å². The highest BCUT2D eigenvalue weighted by molar-refractivity contribution is 5.75. The van der Waals surface area contributed by atoms with Crippen molar-refractivity contribution in [1.29, 1.82) is 0 Å². The molecule has 1 heterocycles. The second-order valence-corrected chi connectivity index (χ2v) is 6.60. The van der Waals surface area contributed by atoms with Gasteiger partial charge in [-0.05, 0) is 24.3 Å². The Morgan fingerprint density at radius 2 is 1.42 bits per heavy atom. The van der Waals surface area contributed by atoms with Crippen LogP contribution in [0.15, 0.2) is 78.9 Å². The van der Waals surface area contributed by atoms with Gasteiger partial charge in [0, 0.05) is 11.1 Å². The third-order valence-electron chi connectivity index (χ3n) is 4.59. The van der Waals surface area contributed by atoms with Gasteiger partial charge in [-0.1, -0.05) is 54.6 Å². The molecule has 0 fully saturated rings. The second kappa shape index (κ2) is 9.08. The molecule has 0 aliphatic carbocycles. The number of fused-ring (bicyclic) bond motifs is 2. The van der Waals surface area contributed by atoms with Gasteiger partial charge in [-0.25, -0.2) is 9.59 Å². The number of nitrogens with zero attached hydrogens (tertiary/aromatic N) is 1. The fourth-order valence-corrected chi connectivity index (χ4v) is 3.27. The number of ether oxygens (including phenoxy) is 3. The molecule has 0 unspecified atom stereocenters. The molecule has 0 saturated carbocycles. The van der Waals surface area contributed by atoms with Crippen LogP contribution in [0, 0.1) is 0 Å². The van der Waals surface area contributed by atoms with Crippen LogP contribution in [-0.2, 0) is 9.57 Å². The number of para-hydroxylation sites is 3. The maximum atomic E-state index is 12.3. The van der Waals surface area contributed by atoms with Crippen LogP contribution >= 0.6 is 0 Å². The van der Waals surface area contributed by atoms with E-state index < -0.39 is 18.2 Å². The number of amides is 2. The number of hydroxylamine groups is 2. The molecule has 8 heteroatoms. The second-order valence-electron chi connectivity index (χ2n) is 6.60. The van der Waals surface area contributed by atoms with Gasteiger partial charge in [0.15, 0.2) is 0 Å². The van der Waals surface area contributed by atoms with E-state index in [1.54, 1.807) is 60.7 Å². The maximum Gasteiger partial charge on any atom is 0.533 e. The van der Waals surface area contributed by atoms with Crippen LogP contribution in [0.2, 0.25) is 0 Å². The first-order chi connectivity index (χ1) is 15.1. The summed E-state index contributed by atoms with van der Waals surface area (Å²) in [5, 5.41) is 0.792. The van der Waals surface area contributed by atoms with Crippen LogP contribution < -0.4 is 15.2 Å². The van der Waals surface area contributed by atoms with Crippen molar-refractivity contribution >= 4 is 12.2 Å². The van der Waals surface area contributed by atoms with Crippen LogP contribution in [0.5, 0.6) is 17.2 Å². The predicted octanol–water partition coefficient (Wildman–Crippen LogP) is 4.41. The van der Waals surface area contributed by atoms with E-state index >= 15 is 0 Å². The summed E-state index contributed by atoms with van der Waals surface area (Å²) in [7, 11) is 0. The molecule has 2 N–H and O–H groups in total. The molecule has 158 valence electrons. The molecule has 2 amide bonds. The molecule has 0 aromatic heterocycles. The number of hydrogen-bond acceptors (Lipinski definition) is 6. The van der Waals surface area contributed by atoms with Gasteiger partial charge >= 0.3 is 12.2 Å². The van der Waals surface area contributed by atoms with E-state index in [9.17, 15) is 9.59 Å². The molecule has 0 radical (unpaired) electrons. The van der Waals surface area contributed by atoms with Crippen molar-refractivity contribution in [1.82, 2.24) is 5.06 Å². The van der Waals surface area contributed by atoms with Gasteiger partial charge in [0.05, 0.1) is 0 Å². The van der Waals surface area contributed by atoms with Gasteiger partial charge in [-0.15, -0.1) is 5.06 Å². The average molecular weight is 420 g/mol. The molecule has 0 atom stereocenters. The Morgan fingerprint density at radius 1 is 0.839 bits per heavy atom. The normalized spacial score (nSPS) is 12.0. The number of carbonyl (C=O) groups is 2. The quantitative estimate of drug-likeness (QED) is 0.373. The van der Waals surface area contributed by atoms with E-state index in [0.29, 0.717) is 28.4 Å². The van der Waals surface area contributed by atoms with Crippen LogP contribution in [0.4, 0.5) is 9.59 Å². The number of nitrogens with two attached hydrogens (primary N) is 1. The summed E-state index contributed by atoms with van der Waals surface area (Å²) in [6.07, 6.45) is -1.07. The van der Waals surface area contributed by atoms with Gasteiger partial charge < -0.3 is 24.8 Å². The topological polar surface area (TPSA) is 100 Å². The SMILES string of the molecule is NC(=O)N(OC(=O)OCCOc1ccccc1)C1c2ccccc2Oc2ccccc21. The summed E-state index contributed by atoms with van der Waals surface area (Å²) in [5.74, 6) is 1.71. The summed E-state index contributed by atoms with van der Waals surface area (Å²) in [4.78, 5) is 29.7. The number of urea groups is 1. The zero-order chi connectivity index (χ0) is 21.6. The molecular weight excluding hydrogens is 400 g/mol. The van der Waals surface area contributed by atoms with E-state index in [0.717, 1.165) is 5.06 Å². The Hall–Kier alpha value is -4.20. The number of hydrogen-bond donors (Lipinski definition) is 1. The predicted molar refractivity (Wildman–Crippen MR) is 111 cm³/mol. The average Bonchev–Trinajstić information content (AvgIpc) is 2.79. The van der Waals surface area contributed by atoms with Gasteiger partial charge in [0.25, 0.3) is 0 Å². The lowest BCUT2D eigenvalue weighted by Gasteiger charge is -2.33. The van der Waals surface area contributed by atoms with E-state index in [1.807, 2.05) is 18.2 Å². The minimum absolute atomic E-state index is 0.0682. The Kier molecular flexibility index (Phi) is 5.89. The van der Waals surface area contributed by atoms with Crippen molar-refractivity contribution in [2.75, 3.05) is 13.2 Å². The molecule has 8 nitrogen and oxygen atoms in total. The largest absolute Gasteiger partial charge is 0.533 e. The first-order valence-corrected chi connectivity index (χ1v) is 9.60. The Labute approximate surface area is 178 Å². The zero-order valence-corrected chi connectivity index (χ0v) is 16.5. The smallest absolute Gasteiger partial charge is 0.490 e. The molecule has 0 bridgehead atoms. The molecule has 0 saturated heterocycles. The Morgan fingerprint density at radius 3 is 2.03 bits per heavy atom. The number of primary amides is 1. The summed E-state index contributed by atoms with van der Waals surface area (Å²) < 4.78 is 16.4. The molecule has 31 heavy (non-hydrogen) atoms. The number of carbonyl (C=O) groups excluding carboxylic acids is 2. The zero-order valence-electron chi connectivity index (χ0n) is 16.5. The van der Waals surface area contributed by atoms with Crippen molar-refractivity contribution in [3.8, 4) is 17.2 Å². The molecule has 0 spiro atoms. The minimum atomic E-state index is -1.07. The third-order valence-corrected chi connectivity index (χ3v) is 4.59. The first-order valence-electron chi connectivity index (χ1n) is 9.60. The van der Waals surface area contributed by atoms with Gasteiger partial charge in [-0.3, -0.25) is 0 Å². The molecule has 1 aliphatic heterocycles. The highest BCUT2D eigenvalue weighted by Gasteiger charge is 2.36. The molecule has 1 aliphatic rings. The third kappa shape index (κ3) is 4.53. The summed E-state index contributed by atoms with van der Waals surface area (Å²) in [6.45, 7) is 0.0555. The number of rotatable bonds is 5. The van der Waals surface area contributed by atoms with Crippen molar-refractivity contribution in [2.45, 2.75) is 6.04 Å². The van der Waals surface area contributed by atoms with E-state index in [4.69, 9.17) is 24.8 Å². The molecular formula is C23H20N2O6. The Bertz CT molecular complexity index is 1030. The van der Waals surface area contributed by atoms with Gasteiger partial charge in [0.1, 0.15) is 36.5 Å². The lowest BCUT2D eigenvalue weighted by Crippen LogP contribution is -2.42. The van der Waals surface area contributed by atoms with Gasteiger partial charge in [0.2, 0.25) is 0 Å². The summed E-state index contributed by atoms with van der Waals surface area (Å²) in [5.41, 5.74) is 6.80. The van der Waals surface area contributed by atoms with Crippen molar-refractivity contribution in [2.24, 2.45) is 5.73 Å². The minimum Gasteiger partial charge on any atom is -0.490 e. The van der Waals surface area contributed by atoms with Crippen LogP contribution in [0.3, 0.4) is 0 Å². The van der Waals surface area contributed by atoms with Crippen LogP contribution in [0.1, 0.15) is 17.2 Å². The molecule has 3 aromatic rings. The van der Waals surface area contributed by atoms with Crippen molar-refractivity contribution in [3.05, 3.63) is 90.0 Å². The summed E-state index contributed by atoms with van der Waals surface area (Å²) in [6, 6.07) is 21.6. The van der Waals surface area contributed by atoms with Crippen molar-refractivity contribution < 1.29 is 28.6 Å². The lowest BCUT2D eigenvalue weighted by atomic mass is 9.94. The highest BCUT2D eigenvalue weighted by atomic mass is 16.8. The maximum absolute atomic E-state index is 12.3. The van der Waals surface area contributed by atoms with Crippen molar-refractivity contribution in [3.63, 3.8) is 0 Å². The fraction of sp³-hybridized carbons (Fsp3) is 0.130.